The summed E-state index contributed by atoms with van der Waals surface area (Å²) < 4.78 is 13.4. The molecule has 1 N–H and O–H groups in total. The van der Waals surface area contributed by atoms with Crippen molar-refractivity contribution in [3.8, 4) is 5.75 Å². The summed E-state index contributed by atoms with van der Waals surface area (Å²) in [6, 6.07) is 6.10. The van der Waals surface area contributed by atoms with Crippen molar-refractivity contribution in [2.45, 2.75) is 0 Å². The molecule has 0 heterocycles. The molecule has 0 amide bonds. The third-order valence-corrected chi connectivity index (χ3v) is 1.28. The fraction of sp³-hybridized carbons (Fsp3) is 0. The van der Waals surface area contributed by atoms with Crippen LogP contribution in [0.3, 0.4) is 0 Å². The van der Waals surface area contributed by atoms with Crippen LogP contribution in [0.4, 0.5) is 5.69 Å². The van der Waals surface area contributed by atoms with E-state index in [0.29, 0.717) is 5.69 Å². The normalized spacial score (nSPS) is 8.80. The summed E-state index contributed by atoms with van der Waals surface area (Å²) >= 11 is 0.154. The summed E-state index contributed by atoms with van der Waals surface area (Å²) in [5.41, 5.74) is 0.567. The largest absolute Gasteiger partial charge is 0.508 e. The number of hydrogen-bond donors (Lipinski definition) is 1. The molecule has 52 valence electrons. The molecule has 1 aromatic rings. The second kappa shape index (κ2) is 3.12. The predicted molar refractivity (Wildman–Crippen MR) is 38.3 cm³/mol. The highest BCUT2D eigenvalue weighted by molar-refractivity contribution is 7.54. The van der Waals surface area contributed by atoms with Crippen LogP contribution >= 0.6 is 0 Å². The van der Waals surface area contributed by atoms with Crippen molar-refractivity contribution in [3.05, 3.63) is 24.3 Å². The summed E-state index contributed by atoms with van der Waals surface area (Å²) in [7, 11) is 0. The molecule has 0 spiro atoms. The van der Waals surface area contributed by atoms with Gasteiger partial charge in [0.1, 0.15) is 5.75 Å². The Morgan fingerprint density at radius 3 is 2.40 bits per heavy atom. The van der Waals surface area contributed by atoms with Gasteiger partial charge in [-0.2, -0.15) is 8.57 Å². The molecule has 1 rings (SSSR count). The molecule has 0 fully saturated rings. The third-order valence-electron chi connectivity index (χ3n) is 0.992. The van der Waals surface area contributed by atoms with E-state index in [1.165, 1.54) is 12.1 Å². The first-order valence-electron chi connectivity index (χ1n) is 2.62. The first-order chi connectivity index (χ1) is 4.83. The Kier molecular flexibility index (Phi) is 2.17. The van der Waals surface area contributed by atoms with Gasteiger partial charge in [0.2, 0.25) is 11.5 Å². The summed E-state index contributed by atoms with van der Waals surface area (Å²) in [6.45, 7) is 0. The van der Waals surface area contributed by atoms with Crippen LogP contribution in [0.25, 0.3) is 0 Å². The Morgan fingerprint density at radius 1 is 1.30 bits per heavy atom. The third kappa shape index (κ3) is 1.66. The maximum Gasteiger partial charge on any atom is 0.205 e. The number of aromatic hydroxyl groups is 1. The molecule has 0 atom stereocenters. The Labute approximate surface area is 61.6 Å². The van der Waals surface area contributed by atoms with E-state index in [2.05, 4.69) is 4.36 Å². The van der Waals surface area contributed by atoms with Crippen molar-refractivity contribution in [2.24, 2.45) is 4.36 Å². The number of phenols is 1. The molecule has 3 nitrogen and oxygen atoms in total. The SMILES string of the molecule is O=S=Nc1ccc(O)cc1. The molecule has 0 aliphatic carbocycles. The average molecular weight is 155 g/mol. The van der Waals surface area contributed by atoms with E-state index in [1.54, 1.807) is 12.1 Å². The average Bonchev–Trinajstić information content (AvgIpc) is 1.95. The van der Waals surface area contributed by atoms with E-state index in [4.69, 9.17) is 5.11 Å². The Bertz CT molecular complexity index is 264. The van der Waals surface area contributed by atoms with Crippen LogP contribution in [-0.2, 0) is 11.5 Å². The molecule has 0 saturated carbocycles. The maximum absolute atomic E-state index is 9.87. The van der Waals surface area contributed by atoms with Crippen molar-refractivity contribution in [1.82, 2.24) is 0 Å². The van der Waals surface area contributed by atoms with Gasteiger partial charge in [-0.15, -0.1) is 0 Å². The molecule has 0 radical (unpaired) electrons. The Balaban J connectivity index is 3.00. The van der Waals surface area contributed by atoms with E-state index in [9.17, 15) is 4.21 Å². The highest BCUT2D eigenvalue weighted by Crippen LogP contribution is 2.15. The van der Waals surface area contributed by atoms with E-state index < -0.39 is 0 Å². The standard InChI is InChI=1S/C6H5NO2S/c8-6-3-1-5(2-4-6)7-10-9/h1-4,8H. The van der Waals surface area contributed by atoms with Gasteiger partial charge in [-0.25, -0.2) is 0 Å². The number of nitrogens with zero attached hydrogens (tertiary/aromatic N) is 1. The lowest BCUT2D eigenvalue weighted by Crippen LogP contribution is -1.62. The van der Waals surface area contributed by atoms with Gasteiger partial charge in [-0.05, 0) is 24.3 Å². The van der Waals surface area contributed by atoms with Crippen LogP contribution in [0.15, 0.2) is 28.6 Å². The molecule has 0 saturated heterocycles. The lowest BCUT2D eigenvalue weighted by molar-refractivity contribution is 0.475. The molecule has 0 aromatic heterocycles. The minimum atomic E-state index is 0.154. The lowest BCUT2D eigenvalue weighted by Gasteiger charge is -1.88. The fourth-order valence-electron chi connectivity index (χ4n) is 0.557. The number of hydrogen-bond acceptors (Lipinski definition) is 3. The fourth-order valence-corrected chi connectivity index (χ4v) is 0.764. The Hall–Kier alpha value is -1.16. The maximum atomic E-state index is 9.87. The molecule has 0 unspecified atom stereocenters. The monoisotopic (exact) mass is 155 g/mol. The summed E-state index contributed by atoms with van der Waals surface area (Å²) in [5, 5.41) is 8.80. The topological polar surface area (TPSA) is 49.7 Å². The van der Waals surface area contributed by atoms with Crippen LogP contribution in [-0.4, -0.2) is 9.32 Å². The minimum absolute atomic E-state index is 0.154. The first-order valence-corrected chi connectivity index (χ1v) is 3.32. The van der Waals surface area contributed by atoms with Crippen LogP contribution in [0.5, 0.6) is 5.75 Å². The van der Waals surface area contributed by atoms with Crippen molar-refractivity contribution >= 4 is 17.2 Å². The van der Waals surface area contributed by atoms with E-state index in [0.717, 1.165) is 0 Å². The summed E-state index contributed by atoms with van der Waals surface area (Å²) in [5.74, 6) is 0.176. The van der Waals surface area contributed by atoms with Crippen LogP contribution < -0.4 is 0 Å². The second-order valence-electron chi connectivity index (χ2n) is 1.68. The molecular weight excluding hydrogens is 150 g/mol. The van der Waals surface area contributed by atoms with E-state index >= 15 is 0 Å². The molecule has 0 aliphatic heterocycles. The number of phenolic OH excluding ortho intramolecular Hbond substituents is 1. The van der Waals surface area contributed by atoms with Crippen molar-refractivity contribution in [3.63, 3.8) is 0 Å². The van der Waals surface area contributed by atoms with Gasteiger partial charge in [0, 0.05) is 0 Å². The smallest absolute Gasteiger partial charge is 0.205 e. The lowest BCUT2D eigenvalue weighted by atomic mass is 10.3. The van der Waals surface area contributed by atoms with Crippen molar-refractivity contribution in [2.75, 3.05) is 0 Å². The summed E-state index contributed by atoms with van der Waals surface area (Å²) in [6.07, 6.45) is 0. The number of rotatable bonds is 1. The highest BCUT2D eigenvalue weighted by Gasteiger charge is 1.87. The zero-order valence-corrected chi connectivity index (χ0v) is 5.84. The quantitative estimate of drug-likeness (QED) is 0.666. The Morgan fingerprint density at radius 2 is 1.90 bits per heavy atom. The van der Waals surface area contributed by atoms with Gasteiger partial charge in [-0.1, -0.05) is 0 Å². The second-order valence-corrected chi connectivity index (χ2v) is 2.01. The van der Waals surface area contributed by atoms with Gasteiger partial charge in [-0.3, -0.25) is 0 Å². The van der Waals surface area contributed by atoms with Crippen LogP contribution in [0.2, 0.25) is 0 Å². The minimum Gasteiger partial charge on any atom is -0.508 e. The molecule has 0 aliphatic rings. The van der Waals surface area contributed by atoms with Gasteiger partial charge >= 0.3 is 0 Å². The van der Waals surface area contributed by atoms with Gasteiger partial charge < -0.3 is 5.11 Å². The van der Waals surface area contributed by atoms with Gasteiger partial charge in [0.15, 0.2) is 0 Å². The van der Waals surface area contributed by atoms with Crippen LogP contribution in [0.1, 0.15) is 0 Å². The van der Waals surface area contributed by atoms with E-state index in [1.807, 2.05) is 0 Å². The molecule has 10 heavy (non-hydrogen) atoms. The van der Waals surface area contributed by atoms with Crippen molar-refractivity contribution < 1.29 is 9.32 Å². The van der Waals surface area contributed by atoms with Crippen LogP contribution in [0, 0.1) is 0 Å². The summed E-state index contributed by atoms with van der Waals surface area (Å²) in [4.78, 5) is 0. The molecular formula is C6H5NO2S. The zero-order chi connectivity index (χ0) is 7.40. The van der Waals surface area contributed by atoms with E-state index in [-0.39, 0.29) is 17.2 Å². The number of benzene rings is 1. The molecule has 4 heteroatoms. The van der Waals surface area contributed by atoms with Crippen molar-refractivity contribution in [1.29, 1.82) is 0 Å². The highest BCUT2D eigenvalue weighted by atomic mass is 32.1. The predicted octanol–water partition coefficient (Wildman–Crippen LogP) is 1.42. The molecule has 0 bridgehead atoms. The molecule has 1 aromatic carbocycles. The zero-order valence-electron chi connectivity index (χ0n) is 5.02. The van der Waals surface area contributed by atoms with Gasteiger partial charge in [0.25, 0.3) is 0 Å². The van der Waals surface area contributed by atoms with Gasteiger partial charge in [0.05, 0.1) is 5.69 Å². The first kappa shape index (κ1) is 6.95.